The van der Waals surface area contributed by atoms with Gasteiger partial charge >= 0.3 is 0 Å². The van der Waals surface area contributed by atoms with E-state index in [-0.39, 0.29) is 17.7 Å². The van der Waals surface area contributed by atoms with Gasteiger partial charge in [0.25, 0.3) is 10.0 Å². The maximum Gasteiger partial charge on any atom is 0.267 e. The zero-order chi connectivity index (χ0) is 21.3. The maximum atomic E-state index is 13.2. The van der Waals surface area contributed by atoms with E-state index in [4.69, 9.17) is 4.74 Å². The SMILES string of the molecule is COc1ccc(S(=O)(=O)N2C(=O)CC[C@H]2C(=O)Nc2c(C)cccc2C)cc1C. The molecule has 1 atom stereocenters. The van der Waals surface area contributed by atoms with Crippen molar-refractivity contribution in [2.75, 3.05) is 12.4 Å². The number of para-hydroxylation sites is 1. The lowest BCUT2D eigenvalue weighted by atomic mass is 10.1. The highest BCUT2D eigenvalue weighted by molar-refractivity contribution is 7.89. The Hall–Kier alpha value is -2.87. The summed E-state index contributed by atoms with van der Waals surface area (Å²) in [7, 11) is -2.68. The number of nitrogens with one attached hydrogen (secondary N) is 1. The smallest absolute Gasteiger partial charge is 0.267 e. The van der Waals surface area contributed by atoms with Crippen LogP contribution in [0.15, 0.2) is 41.3 Å². The number of hydrogen-bond acceptors (Lipinski definition) is 5. The van der Waals surface area contributed by atoms with E-state index in [9.17, 15) is 18.0 Å². The number of anilines is 1. The Labute approximate surface area is 170 Å². The third-order valence-electron chi connectivity index (χ3n) is 5.12. The second-order valence-electron chi connectivity index (χ2n) is 7.14. The van der Waals surface area contributed by atoms with E-state index in [0.29, 0.717) is 17.0 Å². The molecule has 8 heteroatoms. The van der Waals surface area contributed by atoms with Crippen LogP contribution in [0.25, 0.3) is 0 Å². The third-order valence-corrected chi connectivity index (χ3v) is 6.94. The summed E-state index contributed by atoms with van der Waals surface area (Å²) in [4.78, 5) is 25.3. The molecule has 7 nitrogen and oxygen atoms in total. The highest BCUT2D eigenvalue weighted by atomic mass is 32.2. The summed E-state index contributed by atoms with van der Waals surface area (Å²) in [5.41, 5.74) is 2.98. The van der Waals surface area contributed by atoms with Gasteiger partial charge in [0, 0.05) is 12.1 Å². The third kappa shape index (κ3) is 3.85. The highest BCUT2D eigenvalue weighted by Crippen LogP contribution is 2.31. The van der Waals surface area contributed by atoms with Crippen LogP contribution < -0.4 is 10.1 Å². The van der Waals surface area contributed by atoms with Crippen LogP contribution >= 0.6 is 0 Å². The van der Waals surface area contributed by atoms with Gasteiger partial charge in [-0.05, 0) is 62.1 Å². The second kappa shape index (κ2) is 7.87. The van der Waals surface area contributed by atoms with Gasteiger partial charge in [-0.25, -0.2) is 12.7 Å². The Balaban J connectivity index is 1.94. The molecule has 0 aromatic heterocycles. The van der Waals surface area contributed by atoms with Gasteiger partial charge < -0.3 is 10.1 Å². The van der Waals surface area contributed by atoms with E-state index in [1.54, 1.807) is 6.92 Å². The summed E-state index contributed by atoms with van der Waals surface area (Å²) >= 11 is 0. The van der Waals surface area contributed by atoms with Crippen LogP contribution in [0.2, 0.25) is 0 Å². The molecule has 29 heavy (non-hydrogen) atoms. The van der Waals surface area contributed by atoms with Crippen molar-refractivity contribution in [3.8, 4) is 5.75 Å². The molecular weight excluding hydrogens is 392 g/mol. The van der Waals surface area contributed by atoms with E-state index >= 15 is 0 Å². The van der Waals surface area contributed by atoms with E-state index in [1.807, 2.05) is 32.0 Å². The average molecular weight is 416 g/mol. The van der Waals surface area contributed by atoms with E-state index in [1.165, 1.54) is 25.3 Å². The number of amides is 2. The molecule has 1 heterocycles. The molecule has 2 aromatic carbocycles. The van der Waals surface area contributed by atoms with E-state index in [0.717, 1.165) is 15.4 Å². The minimum absolute atomic E-state index is 0.000786. The van der Waals surface area contributed by atoms with E-state index < -0.39 is 27.9 Å². The number of ether oxygens (including phenoxy) is 1. The minimum atomic E-state index is -4.17. The lowest BCUT2D eigenvalue weighted by molar-refractivity contribution is -0.128. The Morgan fingerprint density at radius 2 is 1.76 bits per heavy atom. The molecular formula is C21H24N2O5S. The summed E-state index contributed by atoms with van der Waals surface area (Å²) in [6.07, 6.45) is 0.142. The Morgan fingerprint density at radius 1 is 1.10 bits per heavy atom. The molecule has 1 fully saturated rings. The van der Waals surface area contributed by atoms with Gasteiger partial charge in [0.05, 0.1) is 12.0 Å². The van der Waals surface area contributed by atoms with Crippen LogP contribution in [-0.2, 0) is 19.6 Å². The predicted octanol–water partition coefficient (Wildman–Crippen LogP) is 2.94. The molecule has 2 aromatic rings. The quantitative estimate of drug-likeness (QED) is 0.809. The van der Waals surface area contributed by atoms with Crippen molar-refractivity contribution in [2.45, 2.75) is 44.6 Å². The van der Waals surface area contributed by atoms with Crippen molar-refractivity contribution in [1.82, 2.24) is 4.31 Å². The molecule has 2 amide bonds. The van der Waals surface area contributed by atoms with Crippen LogP contribution in [0, 0.1) is 20.8 Å². The fraction of sp³-hybridized carbons (Fsp3) is 0.333. The molecule has 0 radical (unpaired) electrons. The highest BCUT2D eigenvalue weighted by Gasteiger charge is 2.44. The number of carbonyl (C=O) groups is 2. The number of methoxy groups -OCH3 is 1. The van der Waals surface area contributed by atoms with Crippen molar-refractivity contribution in [2.24, 2.45) is 0 Å². The average Bonchev–Trinajstić information content (AvgIpc) is 3.07. The summed E-state index contributed by atoms with van der Waals surface area (Å²) in [6.45, 7) is 5.43. The van der Waals surface area contributed by atoms with Gasteiger partial charge in [-0.3, -0.25) is 9.59 Å². The number of rotatable bonds is 5. The Bertz CT molecular complexity index is 1060. The number of nitrogens with zero attached hydrogens (tertiary/aromatic N) is 1. The van der Waals surface area contributed by atoms with Crippen molar-refractivity contribution >= 4 is 27.5 Å². The summed E-state index contributed by atoms with van der Waals surface area (Å²) < 4.78 is 32.3. The van der Waals surface area contributed by atoms with Crippen molar-refractivity contribution in [3.63, 3.8) is 0 Å². The maximum absolute atomic E-state index is 13.2. The first kappa shape index (κ1) is 20.9. The van der Waals surface area contributed by atoms with Crippen molar-refractivity contribution in [1.29, 1.82) is 0 Å². The Morgan fingerprint density at radius 3 is 2.34 bits per heavy atom. The number of aryl methyl sites for hydroxylation is 3. The number of carbonyl (C=O) groups excluding carboxylic acids is 2. The van der Waals surface area contributed by atoms with Crippen LogP contribution in [0.3, 0.4) is 0 Å². The van der Waals surface area contributed by atoms with Crippen molar-refractivity contribution < 1.29 is 22.7 Å². The van der Waals surface area contributed by atoms with Crippen LogP contribution in [0.1, 0.15) is 29.5 Å². The molecule has 0 spiro atoms. The molecule has 3 rings (SSSR count). The largest absolute Gasteiger partial charge is 0.496 e. The monoisotopic (exact) mass is 416 g/mol. The number of hydrogen-bond donors (Lipinski definition) is 1. The predicted molar refractivity (Wildman–Crippen MR) is 109 cm³/mol. The number of benzene rings is 2. The zero-order valence-electron chi connectivity index (χ0n) is 16.9. The van der Waals surface area contributed by atoms with Crippen LogP contribution in [-0.4, -0.2) is 37.7 Å². The molecule has 1 aliphatic rings. The Kier molecular flexibility index (Phi) is 5.66. The van der Waals surface area contributed by atoms with Gasteiger partial charge in [0.15, 0.2) is 0 Å². The summed E-state index contributed by atoms with van der Waals surface area (Å²) in [5, 5.41) is 2.81. The molecule has 1 aliphatic heterocycles. The van der Waals surface area contributed by atoms with Gasteiger partial charge in [0.2, 0.25) is 11.8 Å². The second-order valence-corrected chi connectivity index (χ2v) is 8.95. The molecule has 0 bridgehead atoms. The van der Waals surface area contributed by atoms with Gasteiger partial charge in [-0.1, -0.05) is 18.2 Å². The molecule has 0 aliphatic carbocycles. The van der Waals surface area contributed by atoms with Gasteiger partial charge in [-0.2, -0.15) is 0 Å². The van der Waals surface area contributed by atoms with Crippen LogP contribution in [0.4, 0.5) is 5.69 Å². The van der Waals surface area contributed by atoms with Gasteiger partial charge in [0.1, 0.15) is 11.8 Å². The first-order chi connectivity index (χ1) is 13.7. The molecule has 1 N–H and O–H groups in total. The standard InChI is InChI=1S/C21H24N2O5S/c1-13-6-5-7-14(2)20(13)22-21(25)17-9-11-19(24)23(17)29(26,27)16-8-10-18(28-4)15(3)12-16/h5-8,10,12,17H,9,11H2,1-4H3,(H,22,25)/t17-/m0/s1. The lowest BCUT2D eigenvalue weighted by Crippen LogP contribution is -2.45. The van der Waals surface area contributed by atoms with Crippen molar-refractivity contribution in [3.05, 3.63) is 53.1 Å². The molecule has 154 valence electrons. The fourth-order valence-corrected chi connectivity index (χ4v) is 5.23. The summed E-state index contributed by atoms with van der Waals surface area (Å²) in [5.74, 6) is -0.553. The lowest BCUT2D eigenvalue weighted by Gasteiger charge is -2.24. The first-order valence-corrected chi connectivity index (χ1v) is 10.7. The first-order valence-electron chi connectivity index (χ1n) is 9.25. The fourth-order valence-electron chi connectivity index (χ4n) is 3.54. The van der Waals surface area contributed by atoms with Crippen LogP contribution in [0.5, 0.6) is 5.75 Å². The topological polar surface area (TPSA) is 92.8 Å². The molecule has 1 saturated heterocycles. The summed E-state index contributed by atoms with van der Waals surface area (Å²) in [6, 6.07) is 8.87. The van der Waals surface area contributed by atoms with E-state index in [2.05, 4.69) is 5.32 Å². The van der Waals surface area contributed by atoms with Gasteiger partial charge in [-0.15, -0.1) is 0 Å². The normalized spacial score (nSPS) is 16.8. The molecule has 0 unspecified atom stereocenters. The zero-order valence-corrected chi connectivity index (χ0v) is 17.7. The number of sulfonamides is 1. The molecule has 0 saturated carbocycles. The minimum Gasteiger partial charge on any atom is -0.496 e.